The summed E-state index contributed by atoms with van der Waals surface area (Å²) in [6.07, 6.45) is 0. The molecule has 0 bridgehead atoms. The summed E-state index contributed by atoms with van der Waals surface area (Å²) in [6.45, 7) is 0. The second-order valence-electron chi connectivity index (χ2n) is 0.101. The molecule has 4 nitrogen and oxygen atoms in total. The fourth-order valence-corrected chi connectivity index (χ4v) is 0. The third kappa shape index (κ3) is 72.3. The predicted molar refractivity (Wildman–Crippen MR) is 31.9 cm³/mol. The molecule has 0 aromatic heterocycles. The van der Waals surface area contributed by atoms with Crippen LogP contribution in [-0.2, 0) is 0 Å². The Balaban J connectivity index is -0.00000000333. The van der Waals surface area contributed by atoms with E-state index >= 15 is 0 Å². The Morgan fingerprint density at radius 2 is 0.714 bits per heavy atom. The average molecular weight is 280 g/mol. The van der Waals surface area contributed by atoms with E-state index in [1.54, 1.807) is 0 Å². The van der Waals surface area contributed by atoms with E-state index < -0.39 is 40.7 Å². The minimum atomic E-state index is -1.14. The average Bonchev–Trinajstić information content (AvgIpc) is 0.918. The molecule has 0 aliphatic heterocycles. The molecule has 0 aliphatic carbocycles. The van der Waals surface area contributed by atoms with E-state index in [-0.39, 0.29) is 21.9 Å². The molecule has 8 N–H and O–H groups in total. The van der Waals surface area contributed by atoms with E-state index in [1.165, 1.54) is 0 Å². The molecular weight excluding hydrogens is 272 g/mol. The molecule has 7 heteroatoms. The molecule has 0 unspecified atom stereocenters. The zero-order valence-electron chi connectivity index (χ0n) is 3.46. The molecule has 0 atom stereocenters. The molecule has 0 spiro atoms. The van der Waals surface area contributed by atoms with Crippen LogP contribution in [0.3, 0.4) is 0 Å². The van der Waals surface area contributed by atoms with E-state index in [2.05, 4.69) is 0 Å². The molecule has 0 rings (SSSR count). The molecule has 0 aromatic carbocycles. The van der Waals surface area contributed by atoms with Crippen LogP contribution in [0.1, 0.15) is 0 Å². The summed E-state index contributed by atoms with van der Waals surface area (Å²) in [5.74, 6) is 0. The summed E-state index contributed by atoms with van der Waals surface area (Å²) in [5, 5.41) is 0. The maximum atomic E-state index is 4.99. The van der Waals surface area contributed by atoms with E-state index in [4.69, 9.17) is 8.50 Å². The number of hydrogen-bond acceptors (Lipinski definition) is 0. The first-order chi connectivity index (χ1) is 1.41. The van der Waals surface area contributed by atoms with Crippen molar-refractivity contribution in [1.82, 2.24) is 0 Å². The molecule has 0 amide bonds. The van der Waals surface area contributed by atoms with Crippen LogP contribution in [0, 0.1) is 0 Å². The first kappa shape index (κ1) is 36.0. The Kier molecular flexibility index (Phi) is 225. The summed E-state index contributed by atoms with van der Waals surface area (Å²) >= 11 is -1.14. The summed E-state index contributed by atoms with van der Waals surface area (Å²) in [6, 6.07) is 0. The summed E-state index contributed by atoms with van der Waals surface area (Å²) in [5.41, 5.74) is 0. The molecule has 0 heterocycles. The van der Waals surface area contributed by atoms with Crippen molar-refractivity contribution < 1.29 is 21.9 Å². The summed E-state index contributed by atoms with van der Waals surface area (Å²) in [7, 11) is 0. The topological polar surface area (TPSA) is 126 Å². The van der Waals surface area contributed by atoms with Gasteiger partial charge in [0.15, 0.2) is 0 Å². The van der Waals surface area contributed by atoms with Crippen LogP contribution in [-0.4, -0.2) is 62.6 Å². The molecule has 0 saturated heterocycles. The number of rotatable bonds is 0. The number of halogens is 2. The van der Waals surface area contributed by atoms with Crippen molar-refractivity contribution in [2.24, 2.45) is 0 Å². The third-order valence-corrected chi connectivity index (χ3v) is 0. The Morgan fingerprint density at radius 3 is 0.714 bits per heavy atom. The normalized spacial score (nSPS) is 1.43. The van der Waals surface area contributed by atoms with Gasteiger partial charge in [0, 0.05) is 0 Å². The van der Waals surface area contributed by atoms with E-state index in [0.717, 1.165) is 0 Å². The van der Waals surface area contributed by atoms with Gasteiger partial charge < -0.3 is 21.9 Å². The molecule has 0 aromatic rings. The molecule has 0 radical (unpaired) electrons. The second-order valence-corrected chi connectivity index (χ2v) is 6.62. The van der Waals surface area contributed by atoms with E-state index in [0.29, 0.717) is 0 Å². The fraction of sp³-hybridized carbons (Fsp3) is 0. The van der Waals surface area contributed by atoms with E-state index in [1.807, 2.05) is 0 Å². The van der Waals surface area contributed by atoms with Gasteiger partial charge >= 0.3 is 49.2 Å². The zero-order chi connectivity index (χ0) is 2.71. The van der Waals surface area contributed by atoms with Crippen molar-refractivity contribution in [3.05, 3.63) is 0 Å². The SMILES string of the molecule is O.O.O.O.[Cl][Ba][Cl]. The van der Waals surface area contributed by atoms with Gasteiger partial charge in [0.1, 0.15) is 0 Å². The van der Waals surface area contributed by atoms with Crippen LogP contribution >= 0.6 is 8.50 Å². The standard InChI is InChI=1S/Ba.2ClH.4H2O/h;2*1H;4*1H2/q+2;;;;;;/p-2. The predicted octanol–water partition coefficient (Wildman–Crippen LogP) is -2.30. The van der Waals surface area contributed by atoms with Crippen molar-refractivity contribution in [1.29, 1.82) is 0 Å². The van der Waals surface area contributed by atoms with Gasteiger partial charge in [-0.25, -0.2) is 0 Å². The molecule has 7 heavy (non-hydrogen) atoms. The van der Waals surface area contributed by atoms with Gasteiger partial charge in [0.05, 0.1) is 0 Å². The maximum absolute atomic E-state index is 4.99. The van der Waals surface area contributed by atoms with Crippen LogP contribution in [0.5, 0.6) is 0 Å². The zero-order valence-corrected chi connectivity index (χ0v) is 9.42. The van der Waals surface area contributed by atoms with Gasteiger partial charge in [-0.1, -0.05) is 0 Å². The fourth-order valence-electron chi connectivity index (χ4n) is 0. The first-order valence-corrected chi connectivity index (χ1v) is 11.7. The van der Waals surface area contributed by atoms with Gasteiger partial charge in [-0.15, -0.1) is 0 Å². The van der Waals surface area contributed by atoms with Crippen molar-refractivity contribution >= 4 is 49.2 Å². The van der Waals surface area contributed by atoms with Crippen molar-refractivity contribution in [2.45, 2.75) is 0 Å². The quantitative estimate of drug-likeness (QED) is 0.442. The van der Waals surface area contributed by atoms with Crippen LogP contribution in [0.2, 0.25) is 0 Å². The number of hydrogen-bond donors (Lipinski definition) is 0. The van der Waals surface area contributed by atoms with Crippen LogP contribution in [0.25, 0.3) is 0 Å². The second kappa shape index (κ2) is 43.7. The van der Waals surface area contributed by atoms with Gasteiger partial charge in [-0.2, -0.15) is 0 Å². The Labute approximate surface area is 69.7 Å². The molecule has 0 saturated carbocycles. The monoisotopic (exact) mass is 280 g/mol. The van der Waals surface area contributed by atoms with Gasteiger partial charge in [0.25, 0.3) is 0 Å². The van der Waals surface area contributed by atoms with E-state index in [9.17, 15) is 0 Å². The molecular formula is H8BaCl2O4. The van der Waals surface area contributed by atoms with Crippen LogP contribution in [0.4, 0.5) is 0 Å². The van der Waals surface area contributed by atoms with Gasteiger partial charge in [-0.3, -0.25) is 0 Å². The Morgan fingerprint density at radius 1 is 0.714 bits per heavy atom. The van der Waals surface area contributed by atoms with Crippen molar-refractivity contribution in [2.75, 3.05) is 0 Å². The van der Waals surface area contributed by atoms with Crippen LogP contribution < -0.4 is 0 Å². The first-order valence-electron chi connectivity index (χ1n) is 0.535. The van der Waals surface area contributed by atoms with Crippen molar-refractivity contribution in [3.8, 4) is 0 Å². The minimum absolute atomic E-state index is 0. The van der Waals surface area contributed by atoms with Gasteiger partial charge in [-0.05, 0) is 0 Å². The Bertz CT molecular complexity index is 9.65. The summed E-state index contributed by atoms with van der Waals surface area (Å²) < 4.78 is 9.97. The third-order valence-electron chi connectivity index (χ3n) is 0. The van der Waals surface area contributed by atoms with Gasteiger partial charge in [0.2, 0.25) is 0 Å². The summed E-state index contributed by atoms with van der Waals surface area (Å²) in [4.78, 5) is 0. The molecule has 48 valence electrons. The van der Waals surface area contributed by atoms with Crippen LogP contribution in [0.15, 0.2) is 0 Å². The molecule has 0 fully saturated rings. The van der Waals surface area contributed by atoms with Crippen molar-refractivity contribution in [3.63, 3.8) is 0 Å². The molecule has 0 aliphatic rings. The Hall–Kier alpha value is 1.99.